The normalized spacial score (nSPS) is 31.6. The first-order valence-electron chi connectivity index (χ1n) is 10.1. The highest BCUT2D eigenvalue weighted by Crippen LogP contribution is 2.55. The van der Waals surface area contributed by atoms with Gasteiger partial charge in [-0.15, -0.1) is 0 Å². The Morgan fingerprint density at radius 3 is 2.33 bits per heavy atom. The standard InChI is InChI=1S/C22H29N3O2/c1-14-4-3-5-19(6-14)21(27)25-24-15(2)7-20(26)23-22-11-16-8-17(12-22)10-18(9-16)13-22/h3-6,16-18H,7-13H2,1-2H3,(H,23,26)(H,25,27)/b24-15+. The minimum Gasteiger partial charge on any atom is -0.350 e. The van der Waals surface area contributed by atoms with E-state index in [-0.39, 0.29) is 23.8 Å². The van der Waals surface area contributed by atoms with Crippen LogP contribution in [0.4, 0.5) is 0 Å². The quantitative estimate of drug-likeness (QED) is 0.617. The Bertz CT molecular complexity index is 748. The van der Waals surface area contributed by atoms with Crippen LogP contribution < -0.4 is 10.7 Å². The van der Waals surface area contributed by atoms with Gasteiger partial charge in [0.2, 0.25) is 5.91 Å². The molecule has 0 heterocycles. The fourth-order valence-corrected chi connectivity index (χ4v) is 5.87. The lowest BCUT2D eigenvalue weighted by Crippen LogP contribution is -2.60. The molecule has 4 saturated carbocycles. The second-order valence-corrected chi connectivity index (χ2v) is 9.08. The number of carbonyl (C=O) groups excluding carboxylic acids is 2. The van der Waals surface area contributed by atoms with Crippen LogP contribution in [0.5, 0.6) is 0 Å². The Morgan fingerprint density at radius 2 is 1.74 bits per heavy atom. The predicted molar refractivity (Wildman–Crippen MR) is 105 cm³/mol. The highest BCUT2D eigenvalue weighted by atomic mass is 16.2. The maximum atomic E-state index is 12.6. The van der Waals surface area contributed by atoms with Crippen LogP contribution in [0.2, 0.25) is 0 Å². The van der Waals surface area contributed by atoms with Gasteiger partial charge >= 0.3 is 0 Å². The van der Waals surface area contributed by atoms with Crippen molar-refractivity contribution in [1.82, 2.24) is 10.7 Å². The van der Waals surface area contributed by atoms with Crippen molar-refractivity contribution in [2.24, 2.45) is 22.9 Å². The van der Waals surface area contributed by atoms with Gasteiger partial charge in [0.05, 0.1) is 6.42 Å². The van der Waals surface area contributed by atoms with Gasteiger partial charge in [0.15, 0.2) is 0 Å². The van der Waals surface area contributed by atoms with E-state index in [0.717, 1.165) is 42.6 Å². The van der Waals surface area contributed by atoms with Gasteiger partial charge < -0.3 is 5.32 Å². The average molecular weight is 367 g/mol. The van der Waals surface area contributed by atoms with E-state index in [4.69, 9.17) is 0 Å². The summed E-state index contributed by atoms with van der Waals surface area (Å²) < 4.78 is 0. The molecule has 0 unspecified atom stereocenters. The fourth-order valence-electron chi connectivity index (χ4n) is 5.87. The molecule has 0 radical (unpaired) electrons. The number of hydrogen-bond donors (Lipinski definition) is 2. The fraction of sp³-hybridized carbons (Fsp3) is 0.591. The summed E-state index contributed by atoms with van der Waals surface area (Å²) in [5, 5.41) is 7.47. The number of benzene rings is 1. The zero-order valence-corrected chi connectivity index (χ0v) is 16.3. The van der Waals surface area contributed by atoms with Crippen molar-refractivity contribution in [2.45, 2.75) is 64.3 Å². The number of aryl methyl sites for hydroxylation is 1. The monoisotopic (exact) mass is 367 g/mol. The summed E-state index contributed by atoms with van der Waals surface area (Å²) >= 11 is 0. The van der Waals surface area contributed by atoms with E-state index in [1.165, 1.54) is 19.3 Å². The van der Waals surface area contributed by atoms with Crippen LogP contribution >= 0.6 is 0 Å². The summed E-state index contributed by atoms with van der Waals surface area (Å²) in [5.41, 5.74) is 4.81. The van der Waals surface area contributed by atoms with Gasteiger partial charge in [-0.2, -0.15) is 5.10 Å². The molecule has 0 atom stereocenters. The molecule has 1 aromatic carbocycles. The Balaban J connectivity index is 1.31. The maximum Gasteiger partial charge on any atom is 0.271 e. The van der Waals surface area contributed by atoms with Crippen LogP contribution in [0.1, 0.15) is 67.8 Å². The predicted octanol–water partition coefficient (Wildman–Crippen LogP) is 3.58. The van der Waals surface area contributed by atoms with Crippen molar-refractivity contribution < 1.29 is 9.59 Å². The summed E-state index contributed by atoms with van der Waals surface area (Å²) in [4.78, 5) is 24.8. The lowest BCUT2D eigenvalue weighted by Gasteiger charge is -2.56. The molecular weight excluding hydrogens is 338 g/mol. The molecule has 2 N–H and O–H groups in total. The minimum atomic E-state index is -0.250. The second-order valence-electron chi connectivity index (χ2n) is 9.08. The summed E-state index contributed by atoms with van der Waals surface area (Å²) in [5.74, 6) is 2.20. The number of carbonyl (C=O) groups is 2. The molecule has 0 aliphatic heterocycles. The molecule has 0 spiro atoms. The second kappa shape index (κ2) is 7.10. The molecule has 4 fully saturated rings. The molecule has 2 amide bonds. The molecule has 5 rings (SSSR count). The number of hydrogen-bond acceptors (Lipinski definition) is 3. The topological polar surface area (TPSA) is 70.6 Å². The van der Waals surface area contributed by atoms with Gasteiger partial charge in [0.1, 0.15) is 0 Å². The minimum absolute atomic E-state index is 0.0247. The summed E-state index contributed by atoms with van der Waals surface area (Å²) in [6.07, 6.45) is 7.75. The molecule has 0 saturated heterocycles. The Hall–Kier alpha value is -2.17. The van der Waals surface area contributed by atoms with E-state index in [2.05, 4.69) is 15.8 Å². The summed E-state index contributed by atoms with van der Waals surface area (Å²) in [7, 11) is 0. The SMILES string of the molecule is C/C(CC(=O)NC12CC3CC(CC(C3)C1)C2)=N\NC(=O)c1cccc(C)c1. The van der Waals surface area contributed by atoms with Crippen molar-refractivity contribution >= 4 is 17.5 Å². The molecule has 4 aliphatic carbocycles. The molecule has 0 aromatic heterocycles. The molecule has 1 aromatic rings. The molecule has 27 heavy (non-hydrogen) atoms. The molecule has 5 heteroatoms. The first-order valence-corrected chi connectivity index (χ1v) is 10.1. The molecule has 4 aliphatic rings. The Kier molecular flexibility index (Phi) is 4.79. The number of nitrogens with zero attached hydrogens (tertiary/aromatic N) is 1. The molecule has 5 nitrogen and oxygen atoms in total. The van der Waals surface area contributed by atoms with Crippen LogP contribution in [0.25, 0.3) is 0 Å². The summed E-state index contributed by atoms with van der Waals surface area (Å²) in [6, 6.07) is 7.37. The van der Waals surface area contributed by atoms with Gasteiger partial charge in [0, 0.05) is 16.8 Å². The summed E-state index contributed by atoms with van der Waals surface area (Å²) in [6.45, 7) is 3.73. The van der Waals surface area contributed by atoms with Crippen LogP contribution in [-0.2, 0) is 4.79 Å². The van der Waals surface area contributed by atoms with E-state index in [9.17, 15) is 9.59 Å². The Morgan fingerprint density at radius 1 is 1.11 bits per heavy atom. The van der Waals surface area contributed by atoms with Crippen LogP contribution in [0.3, 0.4) is 0 Å². The third kappa shape index (κ3) is 4.07. The number of nitrogens with one attached hydrogen (secondary N) is 2. The largest absolute Gasteiger partial charge is 0.350 e. The van der Waals surface area contributed by atoms with Crippen molar-refractivity contribution in [3.63, 3.8) is 0 Å². The van der Waals surface area contributed by atoms with Gasteiger partial charge in [-0.25, -0.2) is 5.43 Å². The zero-order chi connectivity index (χ0) is 19.0. The van der Waals surface area contributed by atoms with E-state index < -0.39 is 0 Å². The van der Waals surface area contributed by atoms with Crippen molar-refractivity contribution in [3.05, 3.63) is 35.4 Å². The highest BCUT2D eigenvalue weighted by Gasteiger charge is 2.51. The van der Waals surface area contributed by atoms with Crippen molar-refractivity contribution in [2.75, 3.05) is 0 Å². The zero-order valence-electron chi connectivity index (χ0n) is 16.3. The number of amides is 2. The number of hydrazone groups is 1. The highest BCUT2D eigenvalue weighted by molar-refractivity contribution is 6.01. The van der Waals surface area contributed by atoms with Crippen molar-refractivity contribution in [3.8, 4) is 0 Å². The molecular formula is C22H29N3O2. The van der Waals surface area contributed by atoms with Crippen molar-refractivity contribution in [1.29, 1.82) is 0 Å². The van der Waals surface area contributed by atoms with E-state index >= 15 is 0 Å². The molecule has 144 valence electrons. The van der Waals surface area contributed by atoms with Gasteiger partial charge in [-0.05, 0) is 82.3 Å². The Labute approximate surface area is 161 Å². The van der Waals surface area contributed by atoms with Gasteiger partial charge in [0.25, 0.3) is 5.91 Å². The van der Waals surface area contributed by atoms with E-state index in [0.29, 0.717) is 11.3 Å². The third-order valence-corrected chi connectivity index (χ3v) is 6.49. The van der Waals surface area contributed by atoms with E-state index in [1.807, 2.05) is 25.1 Å². The van der Waals surface area contributed by atoms with Crippen LogP contribution in [0.15, 0.2) is 29.4 Å². The lowest BCUT2D eigenvalue weighted by molar-refractivity contribution is -0.125. The molecule has 4 bridgehead atoms. The van der Waals surface area contributed by atoms with Gasteiger partial charge in [-0.1, -0.05) is 17.7 Å². The van der Waals surface area contributed by atoms with Gasteiger partial charge in [-0.3, -0.25) is 9.59 Å². The van der Waals surface area contributed by atoms with Crippen LogP contribution in [0, 0.1) is 24.7 Å². The van der Waals surface area contributed by atoms with Crippen LogP contribution in [-0.4, -0.2) is 23.1 Å². The first-order chi connectivity index (χ1) is 12.9. The maximum absolute atomic E-state index is 12.6. The van der Waals surface area contributed by atoms with E-state index in [1.54, 1.807) is 13.0 Å². The first kappa shape index (κ1) is 18.2. The lowest BCUT2D eigenvalue weighted by atomic mass is 9.53. The smallest absolute Gasteiger partial charge is 0.271 e. The number of rotatable bonds is 5. The third-order valence-electron chi connectivity index (χ3n) is 6.49. The average Bonchev–Trinajstić information content (AvgIpc) is 2.57.